The van der Waals surface area contributed by atoms with E-state index < -0.39 is 5.60 Å². The van der Waals surface area contributed by atoms with E-state index in [0.717, 1.165) is 22.0 Å². The Morgan fingerprint density at radius 2 is 1.58 bits per heavy atom. The van der Waals surface area contributed by atoms with Crippen LogP contribution in [0.3, 0.4) is 0 Å². The summed E-state index contributed by atoms with van der Waals surface area (Å²) >= 11 is 0. The standard InChI is InChI=1S/C23H24N4O4/c28-15-27-20-13-18(5-6-19(20)14-24-27)16-1-3-17(4-2-16)21(29)25-9-11-26(12-10-25)22(30)23(31)7-8-23/h1-6,13-14,28,31H,7-12,15H2. The predicted molar refractivity (Wildman–Crippen MR) is 114 cm³/mol. The lowest BCUT2D eigenvalue weighted by Crippen LogP contribution is -2.53. The van der Waals surface area contributed by atoms with Crippen molar-refractivity contribution in [3.8, 4) is 11.1 Å². The maximum atomic E-state index is 12.9. The van der Waals surface area contributed by atoms with Gasteiger partial charge in [-0.3, -0.25) is 9.59 Å². The molecule has 2 N–H and O–H groups in total. The fraction of sp³-hybridized carbons (Fsp3) is 0.348. The molecule has 2 aliphatic rings. The van der Waals surface area contributed by atoms with Crippen LogP contribution in [0.2, 0.25) is 0 Å². The molecule has 2 heterocycles. The number of rotatable bonds is 4. The first-order chi connectivity index (χ1) is 15.0. The zero-order valence-corrected chi connectivity index (χ0v) is 17.1. The van der Waals surface area contributed by atoms with Crippen LogP contribution in [0, 0.1) is 0 Å². The van der Waals surface area contributed by atoms with Gasteiger partial charge in [0, 0.05) is 37.1 Å². The SMILES string of the molecule is O=C(c1ccc(-c2ccc3cnn(CO)c3c2)cc1)N1CCN(C(=O)C2(O)CC2)CC1. The highest BCUT2D eigenvalue weighted by Crippen LogP contribution is 2.37. The van der Waals surface area contributed by atoms with Crippen molar-refractivity contribution in [3.63, 3.8) is 0 Å². The van der Waals surface area contributed by atoms with Crippen LogP contribution in [0.25, 0.3) is 22.0 Å². The summed E-state index contributed by atoms with van der Waals surface area (Å²) in [6.07, 6.45) is 2.79. The maximum absolute atomic E-state index is 12.9. The number of aliphatic hydroxyl groups excluding tert-OH is 1. The number of amides is 2. The molecule has 0 spiro atoms. The minimum absolute atomic E-state index is 0.0578. The molecule has 3 aromatic rings. The van der Waals surface area contributed by atoms with E-state index in [4.69, 9.17) is 0 Å². The van der Waals surface area contributed by atoms with Gasteiger partial charge >= 0.3 is 0 Å². The van der Waals surface area contributed by atoms with Gasteiger partial charge in [-0.2, -0.15) is 5.10 Å². The Morgan fingerprint density at radius 3 is 2.23 bits per heavy atom. The van der Waals surface area contributed by atoms with E-state index in [0.29, 0.717) is 44.6 Å². The van der Waals surface area contributed by atoms with Crippen molar-refractivity contribution in [1.82, 2.24) is 19.6 Å². The number of hydrogen-bond acceptors (Lipinski definition) is 5. The highest BCUT2D eigenvalue weighted by atomic mass is 16.3. The van der Waals surface area contributed by atoms with Crippen LogP contribution < -0.4 is 0 Å². The quantitative estimate of drug-likeness (QED) is 0.666. The van der Waals surface area contributed by atoms with E-state index in [-0.39, 0.29) is 18.5 Å². The summed E-state index contributed by atoms with van der Waals surface area (Å²) in [5, 5.41) is 24.5. The number of carbonyl (C=O) groups is 2. The van der Waals surface area contributed by atoms with Gasteiger partial charge in [0.25, 0.3) is 11.8 Å². The number of aromatic nitrogens is 2. The minimum Gasteiger partial charge on any atom is -0.380 e. The second-order valence-corrected chi connectivity index (χ2v) is 8.25. The van der Waals surface area contributed by atoms with E-state index in [2.05, 4.69) is 5.10 Å². The average Bonchev–Trinajstić information content (AvgIpc) is 3.44. The molecule has 2 fully saturated rings. The molecule has 2 aromatic carbocycles. The monoisotopic (exact) mass is 420 g/mol. The molecule has 1 aliphatic carbocycles. The van der Waals surface area contributed by atoms with Crippen molar-refractivity contribution < 1.29 is 19.8 Å². The third-order valence-electron chi connectivity index (χ3n) is 6.22. The van der Waals surface area contributed by atoms with Crippen LogP contribution in [-0.2, 0) is 11.5 Å². The average molecular weight is 420 g/mol. The molecule has 160 valence electrons. The third kappa shape index (κ3) is 3.58. The molecule has 1 aliphatic heterocycles. The van der Waals surface area contributed by atoms with Gasteiger partial charge in [0.1, 0.15) is 12.3 Å². The molecule has 0 atom stereocenters. The van der Waals surface area contributed by atoms with Gasteiger partial charge in [-0.25, -0.2) is 4.68 Å². The third-order valence-corrected chi connectivity index (χ3v) is 6.22. The molecule has 31 heavy (non-hydrogen) atoms. The fourth-order valence-electron chi connectivity index (χ4n) is 4.09. The lowest BCUT2D eigenvalue weighted by atomic mass is 10.0. The molecule has 1 saturated carbocycles. The van der Waals surface area contributed by atoms with E-state index in [1.54, 1.807) is 16.0 Å². The summed E-state index contributed by atoms with van der Waals surface area (Å²) < 4.78 is 1.53. The van der Waals surface area contributed by atoms with Crippen molar-refractivity contribution in [2.75, 3.05) is 26.2 Å². The molecule has 2 amide bonds. The number of hydrogen-bond donors (Lipinski definition) is 2. The molecule has 8 heteroatoms. The van der Waals surface area contributed by atoms with Gasteiger partial charge in [0.05, 0.1) is 11.7 Å². The Balaban J connectivity index is 1.27. The number of fused-ring (bicyclic) bond motifs is 1. The minimum atomic E-state index is -1.15. The molecule has 5 rings (SSSR count). The number of piperazine rings is 1. The Bertz CT molecular complexity index is 1140. The van der Waals surface area contributed by atoms with Gasteiger partial charge in [-0.1, -0.05) is 24.3 Å². The molecule has 0 unspecified atom stereocenters. The summed E-state index contributed by atoms with van der Waals surface area (Å²) in [6.45, 7) is 1.64. The van der Waals surface area contributed by atoms with Crippen molar-refractivity contribution >= 4 is 22.7 Å². The van der Waals surface area contributed by atoms with Crippen LogP contribution >= 0.6 is 0 Å². The Hall–Kier alpha value is -3.23. The number of aliphatic hydroxyl groups is 2. The Morgan fingerprint density at radius 1 is 0.935 bits per heavy atom. The highest BCUT2D eigenvalue weighted by Gasteiger charge is 2.50. The molecular weight excluding hydrogens is 396 g/mol. The van der Waals surface area contributed by atoms with Crippen LogP contribution in [0.1, 0.15) is 23.2 Å². The first-order valence-electron chi connectivity index (χ1n) is 10.5. The van der Waals surface area contributed by atoms with Crippen molar-refractivity contribution in [2.45, 2.75) is 25.2 Å². The molecule has 1 saturated heterocycles. The van der Waals surface area contributed by atoms with Gasteiger partial charge in [-0.15, -0.1) is 0 Å². The maximum Gasteiger partial charge on any atom is 0.254 e. The fourth-order valence-corrected chi connectivity index (χ4v) is 4.09. The summed E-state index contributed by atoms with van der Waals surface area (Å²) in [7, 11) is 0. The predicted octanol–water partition coefficient (Wildman–Crippen LogP) is 1.46. The Labute approximate surface area is 179 Å². The summed E-state index contributed by atoms with van der Waals surface area (Å²) in [5.41, 5.74) is 2.25. The van der Waals surface area contributed by atoms with Gasteiger partial charge < -0.3 is 20.0 Å². The van der Waals surface area contributed by atoms with Crippen molar-refractivity contribution in [1.29, 1.82) is 0 Å². The lowest BCUT2D eigenvalue weighted by molar-refractivity contribution is -0.143. The molecule has 1 aromatic heterocycles. The van der Waals surface area contributed by atoms with Crippen LogP contribution in [0.15, 0.2) is 48.7 Å². The second-order valence-electron chi connectivity index (χ2n) is 8.25. The zero-order valence-electron chi connectivity index (χ0n) is 17.1. The van der Waals surface area contributed by atoms with Crippen LogP contribution in [-0.4, -0.2) is 73.4 Å². The topological polar surface area (TPSA) is 98.9 Å². The van der Waals surface area contributed by atoms with Crippen LogP contribution in [0.5, 0.6) is 0 Å². The summed E-state index contributed by atoms with van der Waals surface area (Å²) in [5.74, 6) is -0.263. The molecule has 8 nitrogen and oxygen atoms in total. The van der Waals surface area contributed by atoms with E-state index in [1.807, 2.05) is 42.5 Å². The van der Waals surface area contributed by atoms with Gasteiger partial charge in [0.2, 0.25) is 0 Å². The molecule has 0 bridgehead atoms. The lowest BCUT2D eigenvalue weighted by Gasteiger charge is -2.35. The largest absolute Gasteiger partial charge is 0.380 e. The number of benzene rings is 2. The van der Waals surface area contributed by atoms with E-state index in [9.17, 15) is 19.8 Å². The summed E-state index contributed by atoms with van der Waals surface area (Å²) in [6, 6.07) is 13.4. The van der Waals surface area contributed by atoms with Crippen molar-refractivity contribution in [2.24, 2.45) is 0 Å². The smallest absolute Gasteiger partial charge is 0.254 e. The van der Waals surface area contributed by atoms with E-state index >= 15 is 0 Å². The number of carbonyl (C=O) groups excluding carboxylic acids is 2. The summed E-state index contributed by atoms with van der Waals surface area (Å²) in [4.78, 5) is 28.6. The molecule has 0 radical (unpaired) electrons. The molecular formula is C23H24N4O4. The van der Waals surface area contributed by atoms with Gasteiger partial charge in [0.15, 0.2) is 0 Å². The van der Waals surface area contributed by atoms with Gasteiger partial charge in [-0.05, 0) is 42.2 Å². The first-order valence-corrected chi connectivity index (χ1v) is 10.5. The zero-order chi connectivity index (χ0) is 21.6. The van der Waals surface area contributed by atoms with Crippen molar-refractivity contribution in [3.05, 3.63) is 54.2 Å². The normalized spacial score (nSPS) is 17.7. The van der Waals surface area contributed by atoms with E-state index in [1.165, 1.54) is 4.68 Å². The second kappa shape index (κ2) is 7.47. The number of nitrogens with zero attached hydrogens (tertiary/aromatic N) is 4. The first kappa shape index (κ1) is 19.7. The van der Waals surface area contributed by atoms with Crippen LogP contribution in [0.4, 0.5) is 0 Å². The Kier molecular flexibility index (Phi) is 4.75. The highest BCUT2D eigenvalue weighted by molar-refractivity contribution is 5.95.